The van der Waals surface area contributed by atoms with Gasteiger partial charge in [0.2, 0.25) is 0 Å². The molecule has 0 unspecified atom stereocenters. The number of morpholine rings is 1. The summed E-state index contributed by atoms with van der Waals surface area (Å²) in [6.07, 6.45) is 1.02. The van der Waals surface area contributed by atoms with Crippen LogP contribution in [0.15, 0.2) is 24.3 Å². The van der Waals surface area contributed by atoms with Crippen molar-refractivity contribution in [3.63, 3.8) is 0 Å². The summed E-state index contributed by atoms with van der Waals surface area (Å²) in [6, 6.07) is 7.07. The molecule has 0 saturated carbocycles. The van der Waals surface area contributed by atoms with Gasteiger partial charge < -0.3 is 25.0 Å². The third-order valence-electron chi connectivity index (χ3n) is 4.10. The second kappa shape index (κ2) is 8.96. The Kier molecular flexibility index (Phi) is 6.41. The van der Waals surface area contributed by atoms with Gasteiger partial charge in [-0.05, 0) is 36.4 Å². The highest BCUT2D eigenvalue weighted by Crippen LogP contribution is 2.18. The Balaban J connectivity index is 1.41. The van der Waals surface area contributed by atoms with Crippen LogP contribution in [0, 0.1) is 0 Å². The fourth-order valence-electron chi connectivity index (χ4n) is 2.68. The highest BCUT2D eigenvalue weighted by Gasteiger charge is 2.18. The molecule has 3 rings (SSSR count). The average Bonchev–Trinajstić information content (AvgIpc) is 3.14. The number of anilines is 1. The van der Waals surface area contributed by atoms with Gasteiger partial charge in [-0.2, -0.15) is 11.8 Å². The molecule has 2 aliphatic heterocycles. The van der Waals surface area contributed by atoms with Crippen LogP contribution in [0.2, 0.25) is 0 Å². The molecule has 2 aliphatic rings. The number of carbonyl (C=O) groups is 2. The van der Waals surface area contributed by atoms with Crippen LogP contribution in [-0.2, 0) is 9.53 Å². The predicted molar refractivity (Wildman–Crippen MR) is 97.2 cm³/mol. The minimum atomic E-state index is -0.191. The van der Waals surface area contributed by atoms with Crippen LogP contribution in [0.5, 0.6) is 5.75 Å². The lowest BCUT2D eigenvalue weighted by molar-refractivity contribution is -0.137. The van der Waals surface area contributed by atoms with E-state index in [1.807, 2.05) is 11.8 Å². The monoisotopic (exact) mass is 365 g/mol. The summed E-state index contributed by atoms with van der Waals surface area (Å²) >= 11 is 1.85. The fourth-order valence-corrected chi connectivity index (χ4v) is 3.84. The quantitative estimate of drug-likeness (QED) is 0.828. The maximum Gasteiger partial charge on any atom is 0.319 e. The van der Waals surface area contributed by atoms with E-state index in [0.717, 1.165) is 17.9 Å². The van der Waals surface area contributed by atoms with Crippen LogP contribution < -0.4 is 15.4 Å². The summed E-state index contributed by atoms with van der Waals surface area (Å²) in [6.45, 7) is 2.38. The number of rotatable bonds is 5. The lowest BCUT2D eigenvalue weighted by Crippen LogP contribution is -2.42. The molecule has 0 spiro atoms. The molecule has 0 aliphatic carbocycles. The molecule has 2 saturated heterocycles. The predicted octanol–water partition coefficient (Wildman–Crippen LogP) is 1.55. The zero-order chi connectivity index (χ0) is 17.5. The van der Waals surface area contributed by atoms with E-state index in [4.69, 9.17) is 9.47 Å². The molecule has 2 fully saturated rings. The van der Waals surface area contributed by atoms with Gasteiger partial charge >= 0.3 is 6.03 Å². The van der Waals surface area contributed by atoms with Gasteiger partial charge in [-0.1, -0.05) is 0 Å². The Labute approximate surface area is 151 Å². The molecule has 136 valence electrons. The number of nitrogens with zero attached hydrogens (tertiary/aromatic N) is 1. The van der Waals surface area contributed by atoms with Crippen molar-refractivity contribution in [2.75, 3.05) is 49.7 Å². The molecule has 2 heterocycles. The van der Waals surface area contributed by atoms with Crippen molar-refractivity contribution in [1.29, 1.82) is 0 Å². The van der Waals surface area contributed by atoms with Crippen LogP contribution >= 0.6 is 11.8 Å². The van der Waals surface area contributed by atoms with Crippen molar-refractivity contribution in [1.82, 2.24) is 10.2 Å². The molecule has 1 aromatic carbocycles. The number of nitrogens with one attached hydrogen (secondary N) is 2. The molecular weight excluding hydrogens is 342 g/mol. The van der Waals surface area contributed by atoms with E-state index in [-0.39, 0.29) is 24.6 Å². The maximum absolute atomic E-state index is 12.0. The van der Waals surface area contributed by atoms with Gasteiger partial charge in [0.15, 0.2) is 6.61 Å². The summed E-state index contributed by atoms with van der Waals surface area (Å²) in [5.41, 5.74) is 0.690. The summed E-state index contributed by atoms with van der Waals surface area (Å²) in [5.74, 6) is 2.62. The molecule has 7 nitrogen and oxygen atoms in total. The number of benzene rings is 1. The van der Waals surface area contributed by atoms with Crippen molar-refractivity contribution in [3.8, 4) is 5.75 Å². The Hall–Kier alpha value is -1.93. The van der Waals surface area contributed by atoms with Crippen molar-refractivity contribution >= 4 is 29.4 Å². The van der Waals surface area contributed by atoms with Gasteiger partial charge in [-0.25, -0.2) is 4.79 Å². The smallest absolute Gasteiger partial charge is 0.319 e. The topological polar surface area (TPSA) is 79.9 Å². The van der Waals surface area contributed by atoms with Gasteiger partial charge in [0.05, 0.1) is 13.2 Å². The van der Waals surface area contributed by atoms with Crippen molar-refractivity contribution in [2.24, 2.45) is 0 Å². The molecule has 3 amide bonds. The molecular formula is C17H23N3O4S. The second-order valence-electron chi connectivity index (χ2n) is 5.97. The number of ether oxygens (including phenoxy) is 2. The van der Waals surface area contributed by atoms with E-state index >= 15 is 0 Å². The zero-order valence-corrected chi connectivity index (χ0v) is 14.8. The number of amides is 3. The number of hydrogen-bond donors (Lipinski definition) is 2. The first kappa shape index (κ1) is 17.9. The average molecular weight is 365 g/mol. The highest BCUT2D eigenvalue weighted by atomic mass is 32.2. The van der Waals surface area contributed by atoms with Crippen molar-refractivity contribution < 1.29 is 19.1 Å². The third kappa shape index (κ3) is 5.54. The summed E-state index contributed by atoms with van der Waals surface area (Å²) in [4.78, 5) is 25.7. The molecule has 8 heteroatoms. The van der Waals surface area contributed by atoms with E-state index in [0.29, 0.717) is 37.7 Å². The lowest BCUT2D eigenvalue weighted by Gasteiger charge is -2.26. The summed E-state index contributed by atoms with van der Waals surface area (Å²) in [5, 5.41) is 5.76. The van der Waals surface area contributed by atoms with E-state index in [9.17, 15) is 9.59 Å². The Morgan fingerprint density at radius 2 is 2.00 bits per heavy atom. The fraction of sp³-hybridized carbons (Fsp3) is 0.529. The third-order valence-corrected chi connectivity index (χ3v) is 5.27. The normalized spacial score (nSPS) is 20.2. The Morgan fingerprint density at radius 3 is 2.68 bits per heavy atom. The molecule has 25 heavy (non-hydrogen) atoms. The lowest BCUT2D eigenvalue weighted by atomic mass is 10.2. The minimum Gasteiger partial charge on any atom is -0.484 e. The molecule has 1 atom stereocenters. The highest BCUT2D eigenvalue weighted by molar-refractivity contribution is 7.99. The van der Waals surface area contributed by atoms with Crippen LogP contribution in [-0.4, -0.2) is 67.3 Å². The number of carbonyl (C=O) groups excluding carboxylic acids is 2. The van der Waals surface area contributed by atoms with Gasteiger partial charge in [-0.3, -0.25) is 4.79 Å². The van der Waals surface area contributed by atoms with E-state index in [1.165, 1.54) is 0 Å². The van der Waals surface area contributed by atoms with Gasteiger partial charge in [0.1, 0.15) is 5.75 Å². The van der Waals surface area contributed by atoms with Gasteiger partial charge in [0.25, 0.3) is 5.91 Å². The Morgan fingerprint density at radius 1 is 1.24 bits per heavy atom. The molecule has 0 radical (unpaired) electrons. The number of thioether (sulfide) groups is 1. The molecule has 1 aromatic rings. The Bertz CT molecular complexity index is 584. The standard InChI is InChI=1S/C17H23N3O4S/c21-16(20-6-8-23-9-7-20)11-24-15-3-1-13(2-4-15)18-17(22)19-14-5-10-25-12-14/h1-4,14H,5-12H2,(H2,18,19,22)/t14-/m1/s1. The number of urea groups is 1. The van der Waals surface area contributed by atoms with Crippen LogP contribution in [0.25, 0.3) is 0 Å². The SMILES string of the molecule is O=C(Nc1ccc(OCC(=O)N2CCOCC2)cc1)N[C@@H]1CCSC1. The van der Waals surface area contributed by atoms with E-state index in [2.05, 4.69) is 10.6 Å². The molecule has 0 aromatic heterocycles. The number of hydrogen-bond acceptors (Lipinski definition) is 5. The maximum atomic E-state index is 12.0. The second-order valence-corrected chi connectivity index (χ2v) is 7.12. The van der Waals surface area contributed by atoms with Crippen LogP contribution in [0.3, 0.4) is 0 Å². The van der Waals surface area contributed by atoms with Gasteiger partial charge in [0, 0.05) is 30.6 Å². The largest absolute Gasteiger partial charge is 0.484 e. The first-order chi connectivity index (χ1) is 12.2. The molecule has 0 bridgehead atoms. The van der Waals surface area contributed by atoms with Crippen molar-refractivity contribution in [2.45, 2.75) is 12.5 Å². The zero-order valence-electron chi connectivity index (χ0n) is 14.0. The summed E-state index contributed by atoms with van der Waals surface area (Å²) in [7, 11) is 0. The van der Waals surface area contributed by atoms with Gasteiger partial charge in [-0.15, -0.1) is 0 Å². The van der Waals surface area contributed by atoms with Crippen molar-refractivity contribution in [3.05, 3.63) is 24.3 Å². The van der Waals surface area contributed by atoms with Crippen LogP contribution in [0.1, 0.15) is 6.42 Å². The van der Waals surface area contributed by atoms with Crippen LogP contribution in [0.4, 0.5) is 10.5 Å². The minimum absolute atomic E-state index is 0.00656. The summed E-state index contributed by atoms with van der Waals surface area (Å²) < 4.78 is 10.7. The van der Waals surface area contributed by atoms with E-state index in [1.54, 1.807) is 29.2 Å². The first-order valence-corrected chi connectivity index (χ1v) is 9.60. The van der Waals surface area contributed by atoms with E-state index < -0.39 is 0 Å². The molecule has 2 N–H and O–H groups in total. The first-order valence-electron chi connectivity index (χ1n) is 8.44.